The van der Waals surface area contributed by atoms with E-state index in [0.717, 1.165) is 10.2 Å². The molecule has 2 nitrogen and oxygen atoms in total. The van der Waals surface area contributed by atoms with Crippen LogP contribution in [0.2, 0.25) is 0 Å². The van der Waals surface area contributed by atoms with Gasteiger partial charge in [-0.2, -0.15) is 4.99 Å². The lowest BCUT2D eigenvalue weighted by Crippen LogP contribution is -1.62. The van der Waals surface area contributed by atoms with Crippen LogP contribution in [0.3, 0.4) is 0 Å². The molecule has 0 amide bonds. The number of aliphatic imine (C=N–C) groups is 1. The average Bonchev–Trinajstić information content (AvgIpc) is 1.95. The summed E-state index contributed by atoms with van der Waals surface area (Å²) in [5, 5.41) is 6.57. The summed E-state index contributed by atoms with van der Waals surface area (Å²) in [6, 6.07) is 9.33. The first-order valence-electron chi connectivity index (χ1n) is 2.71. The minimum Gasteiger partial charge on any atom is -0.241 e. The molecule has 0 fully saturated rings. The molecule has 1 aromatic carbocycles. The lowest BCUT2D eigenvalue weighted by atomic mass is 10.3. The van der Waals surface area contributed by atoms with Gasteiger partial charge in [0.15, 0.2) is 0 Å². The fraction of sp³-hybridized carbons (Fsp3) is 0. The number of halogens is 1. The molecule has 0 saturated heterocycles. The summed E-state index contributed by atoms with van der Waals surface area (Å²) in [7, 11) is 0. The highest BCUT2D eigenvalue weighted by atomic mass is 79.9. The molecule has 1 aromatic rings. The number of hydrogen-bond donors (Lipinski definition) is 1. The third-order valence-corrected chi connectivity index (χ3v) is 1.54. The third-order valence-electron chi connectivity index (χ3n) is 1.01. The van der Waals surface area contributed by atoms with Crippen LogP contribution in [-0.2, 0) is 0 Å². The van der Waals surface area contributed by atoms with Crippen LogP contribution in [0.15, 0.2) is 33.7 Å². The molecule has 0 aliphatic carbocycles. The lowest BCUT2D eigenvalue weighted by Gasteiger charge is -1.88. The van der Waals surface area contributed by atoms with Crippen LogP contribution in [0.25, 0.3) is 0 Å². The van der Waals surface area contributed by atoms with E-state index in [0.29, 0.717) is 0 Å². The van der Waals surface area contributed by atoms with Gasteiger partial charge in [0.2, 0.25) is 0 Å². The third kappa shape index (κ3) is 1.79. The van der Waals surface area contributed by atoms with Crippen molar-refractivity contribution in [2.75, 3.05) is 0 Å². The van der Waals surface area contributed by atoms with Crippen LogP contribution in [0.1, 0.15) is 0 Å². The Labute approximate surface area is 67.2 Å². The molecule has 0 heterocycles. The zero-order valence-corrected chi connectivity index (χ0v) is 6.72. The SMILES string of the molecule is N=C=Nc1ccc(Br)cc1. The minimum absolute atomic E-state index is 0.748. The van der Waals surface area contributed by atoms with Crippen LogP contribution in [-0.4, -0.2) is 6.01 Å². The summed E-state index contributed by atoms with van der Waals surface area (Å²) in [4.78, 5) is 3.64. The van der Waals surface area contributed by atoms with E-state index >= 15 is 0 Å². The molecule has 1 N–H and O–H groups in total. The monoisotopic (exact) mass is 196 g/mol. The fourth-order valence-electron chi connectivity index (χ4n) is 0.580. The Morgan fingerprint density at radius 3 is 2.40 bits per heavy atom. The first kappa shape index (κ1) is 7.19. The van der Waals surface area contributed by atoms with E-state index < -0.39 is 0 Å². The van der Waals surface area contributed by atoms with E-state index in [-0.39, 0.29) is 0 Å². The van der Waals surface area contributed by atoms with Crippen molar-refractivity contribution in [1.29, 1.82) is 5.41 Å². The Bertz CT molecular complexity index is 259. The van der Waals surface area contributed by atoms with Crippen molar-refractivity contribution in [1.82, 2.24) is 0 Å². The summed E-state index contributed by atoms with van der Waals surface area (Å²) in [6.45, 7) is 0. The molecule has 50 valence electrons. The first-order chi connectivity index (χ1) is 4.83. The van der Waals surface area contributed by atoms with Gasteiger partial charge in [-0.15, -0.1) is 0 Å². The maximum Gasteiger partial charge on any atom is 0.0918 e. The normalized spacial score (nSPS) is 8.50. The second-order valence-corrected chi connectivity index (χ2v) is 2.62. The molecule has 3 heteroatoms. The molecular formula is C7H5BrN2. The summed E-state index contributed by atoms with van der Waals surface area (Å²) in [5.41, 5.74) is 0.748. The second-order valence-electron chi connectivity index (χ2n) is 1.70. The quantitative estimate of drug-likeness (QED) is 0.672. The highest BCUT2D eigenvalue weighted by Crippen LogP contribution is 2.15. The maximum atomic E-state index is 6.57. The Morgan fingerprint density at radius 2 is 1.90 bits per heavy atom. The summed E-state index contributed by atoms with van der Waals surface area (Å²) < 4.78 is 1.01. The highest BCUT2D eigenvalue weighted by molar-refractivity contribution is 9.10. The van der Waals surface area contributed by atoms with Crippen LogP contribution in [0, 0.1) is 5.41 Å². The van der Waals surface area contributed by atoms with Gasteiger partial charge >= 0.3 is 0 Å². The Kier molecular flexibility index (Phi) is 2.37. The molecule has 0 radical (unpaired) electrons. The smallest absolute Gasteiger partial charge is 0.0918 e. The molecule has 0 aliphatic rings. The predicted molar refractivity (Wildman–Crippen MR) is 44.0 cm³/mol. The van der Waals surface area contributed by atoms with E-state index in [9.17, 15) is 0 Å². The van der Waals surface area contributed by atoms with E-state index in [1.807, 2.05) is 30.3 Å². The van der Waals surface area contributed by atoms with Crippen molar-refractivity contribution >= 4 is 27.6 Å². The largest absolute Gasteiger partial charge is 0.241 e. The molecule has 1 rings (SSSR count). The predicted octanol–water partition coefficient (Wildman–Crippen LogP) is 2.83. The standard InChI is InChI=1S/C7H5BrN2/c8-6-1-3-7(4-2-6)10-5-9/h1-4,9H. The second kappa shape index (κ2) is 3.30. The van der Waals surface area contributed by atoms with Crippen molar-refractivity contribution in [2.45, 2.75) is 0 Å². The summed E-state index contributed by atoms with van der Waals surface area (Å²) in [5.74, 6) is 0. The number of benzene rings is 1. The number of hydrogen-bond acceptors (Lipinski definition) is 2. The molecule has 0 bridgehead atoms. The van der Waals surface area contributed by atoms with E-state index in [2.05, 4.69) is 20.9 Å². The van der Waals surface area contributed by atoms with Crippen molar-refractivity contribution < 1.29 is 0 Å². The zero-order chi connectivity index (χ0) is 7.40. The lowest BCUT2D eigenvalue weighted by molar-refractivity contribution is 1.48. The molecular weight excluding hydrogens is 192 g/mol. The van der Waals surface area contributed by atoms with E-state index in [1.165, 1.54) is 0 Å². The first-order valence-corrected chi connectivity index (χ1v) is 3.50. The minimum atomic E-state index is 0.748. The van der Waals surface area contributed by atoms with E-state index in [4.69, 9.17) is 5.41 Å². The molecule has 0 saturated carbocycles. The molecule has 0 atom stereocenters. The topological polar surface area (TPSA) is 36.2 Å². The Morgan fingerprint density at radius 1 is 1.30 bits per heavy atom. The summed E-state index contributed by atoms with van der Waals surface area (Å²) >= 11 is 3.29. The molecule has 0 aliphatic heterocycles. The van der Waals surface area contributed by atoms with Gasteiger partial charge in [0.1, 0.15) is 0 Å². The van der Waals surface area contributed by atoms with Gasteiger partial charge in [0.25, 0.3) is 0 Å². The molecule has 0 unspecified atom stereocenters. The molecule has 0 spiro atoms. The van der Waals surface area contributed by atoms with Gasteiger partial charge < -0.3 is 0 Å². The maximum absolute atomic E-state index is 6.57. The molecule has 10 heavy (non-hydrogen) atoms. The van der Waals surface area contributed by atoms with Crippen molar-refractivity contribution in [3.05, 3.63) is 28.7 Å². The summed E-state index contributed by atoms with van der Waals surface area (Å²) in [6.07, 6.45) is 0. The van der Waals surface area contributed by atoms with Crippen LogP contribution in [0.4, 0.5) is 5.69 Å². The van der Waals surface area contributed by atoms with Crippen LogP contribution < -0.4 is 0 Å². The number of rotatable bonds is 1. The van der Waals surface area contributed by atoms with Gasteiger partial charge in [0.05, 0.1) is 11.7 Å². The van der Waals surface area contributed by atoms with Gasteiger partial charge in [-0.1, -0.05) is 15.9 Å². The van der Waals surface area contributed by atoms with Crippen molar-refractivity contribution in [3.63, 3.8) is 0 Å². The average molecular weight is 197 g/mol. The van der Waals surface area contributed by atoms with Gasteiger partial charge in [-0.3, -0.25) is 0 Å². The van der Waals surface area contributed by atoms with E-state index in [1.54, 1.807) is 0 Å². The number of nitrogens with zero attached hydrogens (tertiary/aromatic N) is 1. The van der Waals surface area contributed by atoms with Gasteiger partial charge in [-0.25, -0.2) is 5.41 Å². The van der Waals surface area contributed by atoms with Crippen LogP contribution in [0.5, 0.6) is 0 Å². The fourth-order valence-corrected chi connectivity index (χ4v) is 0.845. The highest BCUT2D eigenvalue weighted by Gasteiger charge is 1.85. The van der Waals surface area contributed by atoms with Crippen molar-refractivity contribution in [2.24, 2.45) is 4.99 Å². The zero-order valence-electron chi connectivity index (χ0n) is 5.13. The van der Waals surface area contributed by atoms with Gasteiger partial charge in [-0.05, 0) is 24.3 Å². The van der Waals surface area contributed by atoms with Crippen LogP contribution >= 0.6 is 15.9 Å². The number of nitrogens with one attached hydrogen (secondary N) is 1. The molecule has 0 aromatic heterocycles. The Balaban J connectivity index is 3.00. The van der Waals surface area contributed by atoms with Gasteiger partial charge in [0, 0.05) is 4.47 Å². The van der Waals surface area contributed by atoms with Crippen molar-refractivity contribution in [3.8, 4) is 0 Å². The Hall–Kier alpha value is -0.920.